The topological polar surface area (TPSA) is 23.8 Å². The zero-order chi connectivity index (χ0) is 9.14. The molecule has 1 nitrogen and oxygen atoms in total. The highest BCUT2D eigenvalue weighted by atomic mass is 127. The summed E-state index contributed by atoms with van der Waals surface area (Å²) >= 11 is 11.2. The molecule has 0 aliphatic carbocycles. The fourth-order valence-corrected chi connectivity index (χ4v) is 2.53. The summed E-state index contributed by atoms with van der Waals surface area (Å²) in [5.41, 5.74) is 1.64. The molecule has 1 rings (SSSR count). The number of alkyl halides is 1. The van der Waals surface area contributed by atoms with E-state index in [1.165, 1.54) is 0 Å². The highest BCUT2D eigenvalue weighted by Gasteiger charge is 2.06. The van der Waals surface area contributed by atoms with Gasteiger partial charge in [-0.2, -0.15) is 5.26 Å². The van der Waals surface area contributed by atoms with Gasteiger partial charge in [0.2, 0.25) is 0 Å². The van der Waals surface area contributed by atoms with Gasteiger partial charge < -0.3 is 0 Å². The van der Waals surface area contributed by atoms with E-state index in [9.17, 15) is 0 Å². The van der Waals surface area contributed by atoms with Crippen LogP contribution < -0.4 is 0 Å². The van der Waals surface area contributed by atoms with Gasteiger partial charge in [-0.3, -0.25) is 0 Å². The first-order valence-electron chi connectivity index (χ1n) is 3.13. The molecule has 0 saturated carbocycles. The largest absolute Gasteiger partial charge is 0.192 e. The number of nitriles is 1. The van der Waals surface area contributed by atoms with Gasteiger partial charge in [-0.1, -0.05) is 27.5 Å². The number of hydrogen-bond acceptors (Lipinski definition) is 1. The Morgan fingerprint density at radius 1 is 1.58 bits per heavy atom. The van der Waals surface area contributed by atoms with Crippen LogP contribution in [0.2, 0.25) is 5.02 Å². The minimum Gasteiger partial charge on any atom is -0.192 e. The van der Waals surface area contributed by atoms with Crippen molar-refractivity contribution in [3.8, 4) is 6.07 Å². The third-order valence-electron chi connectivity index (χ3n) is 1.39. The van der Waals surface area contributed by atoms with E-state index in [4.69, 9.17) is 16.9 Å². The van der Waals surface area contributed by atoms with Gasteiger partial charge in [0.1, 0.15) is 6.07 Å². The Balaban J connectivity index is 3.36. The van der Waals surface area contributed by atoms with Gasteiger partial charge in [-0.05, 0) is 40.3 Å². The van der Waals surface area contributed by atoms with Crippen molar-refractivity contribution in [2.24, 2.45) is 0 Å². The summed E-state index contributed by atoms with van der Waals surface area (Å²) < 4.78 is 0.900. The van der Waals surface area contributed by atoms with E-state index in [0.717, 1.165) is 9.13 Å². The zero-order valence-electron chi connectivity index (χ0n) is 5.94. The highest BCUT2D eigenvalue weighted by Crippen LogP contribution is 2.23. The van der Waals surface area contributed by atoms with E-state index in [0.29, 0.717) is 15.9 Å². The summed E-state index contributed by atoms with van der Waals surface area (Å²) in [6.07, 6.45) is 0. The van der Waals surface area contributed by atoms with E-state index in [1.54, 1.807) is 12.1 Å². The predicted octanol–water partition coefficient (Wildman–Crippen LogP) is 3.71. The molecular formula is C8H4BrClIN. The van der Waals surface area contributed by atoms with E-state index < -0.39 is 0 Å². The summed E-state index contributed by atoms with van der Waals surface area (Å²) in [5.74, 6) is 0. The second-order valence-corrected chi connectivity index (χ2v) is 4.33. The normalized spacial score (nSPS) is 9.50. The van der Waals surface area contributed by atoms with E-state index >= 15 is 0 Å². The maximum atomic E-state index is 8.80. The molecule has 0 atom stereocenters. The average Bonchev–Trinajstić information content (AvgIpc) is 2.03. The van der Waals surface area contributed by atoms with E-state index in [2.05, 4.69) is 44.6 Å². The van der Waals surface area contributed by atoms with Crippen molar-refractivity contribution in [1.82, 2.24) is 0 Å². The first-order chi connectivity index (χ1) is 5.69. The lowest BCUT2D eigenvalue weighted by molar-refractivity contribution is 1.35. The van der Waals surface area contributed by atoms with Gasteiger partial charge in [0.05, 0.1) is 5.56 Å². The Morgan fingerprint density at radius 2 is 2.25 bits per heavy atom. The Hall–Kier alpha value is 0.210. The van der Waals surface area contributed by atoms with Crippen molar-refractivity contribution in [1.29, 1.82) is 5.26 Å². The summed E-state index contributed by atoms with van der Waals surface area (Å²) in [6.45, 7) is 0. The van der Waals surface area contributed by atoms with Gasteiger partial charge in [0.15, 0.2) is 0 Å². The molecule has 0 unspecified atom stereocenters. The molecule has 4 heteroatoms. The second-order valence-electron chi connectivity index (χ2n) is 2.17. The number of halogens is 3. The van der Waals surface area contributed by atoms with Crippen LogP contribution in [-0.4, -0.2) is 0 Å². The maximum Gasteiger partial charge on any atom is 0.101 e. The molecule has 0 bridgehead atoms. The van der Waals surface area contributed by atoms with Crippen molar-refractivity contribution in [2.75, 3.05) is 0 Å². The second kappa shape index (κ2) is 4.45. The lowest BCUT2D eigenvalue weighted by Gasteiger charge is -2.02. The number of hydrogen-bond donors (Lipinski definition) is 0. The van der Waals surface area contributed by atoms with Crippen LogP contribution in [0.25, 0.3) is 0 Å². The van der Waals surface area contributed by atoms with E-state index in [-0.39, 0.29) is 0 Å². The van der Waals surface area contributed by atoms with Crippen LogP contribution in [0.5, 0.6) is 0 Å². The van der Waals surface area contributed by atoms with Crippen molar-refractivity contribution < 1.29 is 0 Å². The predicted molar refractivity (Wildman–Crippen MR) is 61.5 cm³/mol. The van der Waals surface area contributed by atoms with Crippen LogP contribution in [0, 0.1) is 14.9 Å². The zero-order valence-corrected chi connectivity index (χ0v) is 10.4. The lowest BCUT2D eigenvalue weighted by atomic mass is 10.1. The molecule has 1 aromatic rings. The van der Waals surface area contributed by atoms with Crippen molar-refractivity contribution in [3.05, 3.63) is 31.9 Å². The molecule has 0 aliphatic heterocycles. The summed E-state index contributed by atoms with van der Waals surface area (Å²) in [6, 6.07) is 5.73. The van der Waals surface area contributed by atoms with Crippen molar-refractivity contribution in [2.45, 2.75) is 5.33 Å². The number of benzene rings is 1. The van der Waals surface area contributed by atoms with Gasteiger partial charge in [0.25, 0.3) is 0 Å². The third kappa shape index (κ3) is 2.12. The minimum absolute atomic E-state index is 0.659. The molecule has 12 heavy (non-hydrogen) atoms. The molecule has 62 valence electrons. The third-order valence-corrected chi connectivity index (χ3v) is 3.07. The molecule has 0 radical (unpaired) electrons. The fourth-order valence-electron chi connectivity index (χ4n) is 0.857. The van der Waals surface area contributed by atoms with Gasteiger partial charge in [-0.25, -0.2) is 0 Å². The van der Waals surface area contributed by atoms with Gasteiger partial charge in [0, 0.05) is 13.9 Å². The van der Waals surface area contributed by atoms with Crippen molar-refractivity contribution >= 4 is 50.1 Å². The quantitative estimate of drug-likeness (QED) is 0.556. The Kier molecular flexibility index (Phi) is 3.81. The lowest BCUT2D eigenvalue weighted by Crippen LogP contribution is -1.89. The van der Waals surface area contributed by atoms with Gasteiger partial charge >= 0.3 is 0 Å². The summed E-state index contributed by atoms with van der Waals surface area (Å²) in [7, 11) is 0. The smallest absolute Gasteiger partial charge is 0.101 e. The fraction of sp³-hybridized carbons (Fsp3) is 0.125. The monoisotopic (exact) mass is 355 g/mol. The summed E-state index contributed by atoms with van der Waals surface area (Å²) in [4.78, 5) is 0. The van der Waals surface area contributed by atoms with E-state index in [1.807, 2.05) is 0 Å². The minimum atomic E-state index is 0.659. The van der Waals surface area contributed by atoms with Crippen LogP contribution in [-0.2, 0) is 5.33 Å². The first kappa shape index (κ1) is 10.3. The molecule has 0 aromatic heterocycles. The van der Waals surface area contributed by atoms with Crippen molar-refractivity contribution in [3.63, 3.8) is 0 Å². The van der Waals surface area contributed by atoms with Crippen LogP contribution in [0.15, 0.2) is 12.1 Å². The molecule has 1 aromatic carbocycles. The molecule has 0 spiro atoms. The molecular weight excluding hydrogens is 352 g/mol. The SMILES string of the molecule is N#Cc1c(I)cc(Cl)cc1CBr. The van der Waals surface area contributed by atoms with Gasteiger partial charge in [-0.15, -0.1) is 0 Å². The van der Waals surface area contributed by atoms with Crippen LogP contribution >= 0.6 is 50.1 Å². The Labute approximate surface area is 98.0 Å². The molecule has 0 aliphatic rings. The Morgan fingerprint density at radius 3 is 2.75 bits per heavy atom. The number of nitrogens with zero attached hydrogens (tertiary/aromatic N) is 1. The van der Waals surface area contributed by atoms with Crippen LogP contribution in [0.1, 0.15) is 11.1 Å². The molecule has 0 amide bonds. The summed E-state index contributed by atoms with van der Waals surface area (Å²) in [5, 5.41) is 10.1. The molecule has 0 N–H and O–H groups in total. The maximum absolute atomic E-state index is 8.80. The van der Waals surface area contributed by atoms with Crippen LogP contribution in [0.3, 0.4) is 0 Å². The highest BCUT2D eigenvalue weighted by molar-refractivity contribution is 14.1. The molecule has 0 saturated heterocycles. The number of rotatable bonds is 1. The molecule has 0 fully saturated rings. The molecule has 0 heterocycles. The average molecular weight is 356 g/mol. The standard InChI is InChI=1S/C8H4BrClIN/c9-3-5-1-6(10)2-8(11)7(5)4-12/h1-2H,3H2. The first-order valence-corrected chi connectivity index (χ1v) is 5.71. The van der Waals surface area contributed by atoms with Crippen LogP contribution in [0.4, 0.5) is 0 Å². The Bertz CT molecular complexity index is 346.